The maximum absolute atomic E-state index is 5.63. The SMILES string of the molecule is CCOc1cc(CCCNC(=NC)NCc2nncn2CC)ccc1OC. The lowest BCUT2D eigenvalue weighted by molar-refractivity contribution is 0.310. The minimum absolute atomic E-state index is 0.587. The second kappa shape index (κ2) is 11.1. The Hall–Kier alpha value is -2.77. The van der Waals surface area contributed by atoms with Gasteiger partial charge in [0.1, 0.15) is 6.33 Å². The molecule has 2 N–H and O–H groups in total. The summed E-state index contributed by atoms with van der Waals surface area (Å²) < 4.78 is 13.0. The molecular formula is C19H30N6O2. The number of ether oxygens (including phenoxy) is 2. The molecule has 8 nitrogen and oxygen atoms in total. The predicted octanol–water partition coefficient (Wildman–Crippen LogP) is 2.00. The zero-order chi connectivity index (χ0) is 19.5. The van der Waals surface area contributed by atoms with Crippen LogP contribution in [0.25, 0.3) is 0 Å². The molecule has 8 heteroatoms. The number of hydrogen-bond donors (Lipinski definition) is 2. The number of nitrogens with one attached hydrogen (secondary N) is 2. The molecule has 1 aromatic carbocycles. The predicted molar refractivity (Wildman–Crippen MR) is 106 cm³/mol. The van der Waals surface area contributed by atoms with Crippen molar-refractivity contribution in [1.29, 1.82) is 0 Å². The smallest absolute Gasteiger partial charge is 0.191 e. The monoisotopic (exact) mass is 374 g/mol. The van der Waals surface area contributed by atoms with E-state index in [1.807, 2.05) is 23.6 Å². The van der Waals surface area contributed by atoms with Gasteiger partial charge >= 0.3 is 0 Å². The van der Waals surface area contributed by atoms with Crippen LogP contribution in [0, 0.1) is 0 Å². The Morgan fingerprint density at radius 1 is 1.22 bits per heavy atom. The van der Waals surface area contributed by atoms with Gasteiger partial charge in [0.2, 0.25) is 0 Å². The number of nitrogens with zero attached hydrogens (tertiary/aromatic N) is 4. The van der Waals surface area contributed by atoms with E-state index in [2.05, 4.69) is 38.8 Å². The lowest BCUT2D eigenvalue weighted by Crippen LogP contribution is -2.38. The van der Waals surface area contributed by atoms with Gasteiger partial charge in [0.15, 0.2) is 23.3 Å². The molecule has 2 aromatic rings. The van der Waals surface area contributed by atoms with Crippen LogP contribution >= 0.6 is 0 Å². The number of hydrogen-bond acceptors (Lipinski definition) is 5. The Morgan fingerprint density at radius 3 is 2.78 bits per heavy atom. The van der Waals surface area contributed by atoms with Gasteiger partial charge in [-0.2, -0.15) is 0 Å². The van der Waals surface area contributed by atoms with Gasteiger partial charge < -0.3 is 24.7 Å². The molecule has 0 spiro atoms. The zero-order valence-corrected chi connectivity index (χ0v) is 16.7. The van der Waals surface area contributed by atoms with Gasteiger partial charge in [0.25, 0.3) is 0 Å². The molecule has 0 bridgehead atoms. The summed E-state index contributed by atoms with van der Waals surface area (Å²) in [7, 11) is 3.42. The molecule has 148 valence electrons. The first-order valence-corrected chi connectivity index (χ1v) is 9.32. The standard InChI is InChI=1S/C19H30N6O2/c1-5-25-14-23-24-18(25)13-22-19(20-3)21-11-7-8-15-9-10-16(26-4)17(12-15)27-6-2/h9-10,12,14H,5-8,11,13H2,1-4H3,(H2,20,21,22). The van der Waals surface area contributed by atoms with Crippen molar-refractivity contribution in [2.75, 3.05) is 27.3 Å². The maximum Gasteiger partial charge on any atom is 0.191 e. The first-order chi connectivity index (χ1) is 13.2. The van der Waals surface area contributed by atoms with Crippen molar-refractivity contribution in [3.63, 3.8) is 0 Å². The van der Waals surface area contributed by atoms with Gasteiger partial charge in [-0.3, -0.25) is 4.99 Å². The summed E-state index contributed by atoms with van der Waals surface area (Å²) in [5.74, 6) is 3.21. The third-order valence-electron chi connectivity index (χ3n) is 4.14. The molecule has 2 rings (SSSR count). The highest BCUT2D eigenvalue weighted by molar-refractivity contribution is 5.79. The summed E-state index contributed by atoms with van der Waals surface area (Å²) in [4.78, 5) is 4.25. The first kappa shape index (κ1) is 20.5. The van der Waals surface area contributed by atoms with Crippen molar-refractivity contribution in [3.8, 4) is 11.5 Å². The topological polar surface area (TPSA) is 85.6 Å². The number of aromatic nitrogens is 3. The average Bonchev–Trinajstić information content (AvgIpc) is 3.15. The van der Waals surface area contributed by atoms with E-state index < -0.39 is 0 Å². The minimum atomic E-state index is 0.587. The van der Waals surface area contributed by atoms with E-state index in [1.165, 1.54) is 5.56 Å². The van der Waals surface area contributed by atoms with Crippen molar-refractivity contribution < 1.29 is 9.47 Å². The third kappa shape index (κ3) is 6.16. The molecule has 0 aliphatic heterocycles. The fraction of sp³-hybridized carbons (Fsp3) is 0.526. The molecule has 0 fully saturated rings. The van der Waals surface area contributed by atoms with Crippen molar-refractivity contribution in [3.05, 3.63) is 35.9 Å². The zero-order valence-electron chi connectivity index (χ0n) is 16.7. The molecule has 0 radical (unpaired) electrons. The molecule has 27 heavy (non-hydrogen) atoms. The second-order valence-electron chi connectivity index (χ2n) is 5.91. The van der Waals surface area contributed by atoms with E-state index >= 15 is 0 Å². The Balaban J connectivity index is 1.77. The van der Waals surface area contributed by atoms with E-state index in [1.54, 1.807) is 20.5 Å². The largest absolute Gasteiger partial charge is 0.493 e. The van der Waals surface area contributed by atoms with Crippen LogP contribution in [-0.2, 0) is 19.5 Å². The molecule has 0 amide bonds. The Morgan fingerprint density at radius 2 is 2.07 bits per heavy atom. The Kier molecular flexibility index (Phi) is 8.41. The minimum Gasteiger partial charge on any atom is -0.493 e. The van der Waals surface area contributed by atoms with Crippen LogP contribution in [0.4, 0.5) is 0 Å². The Labute approximate surface area is 161 Å². The molecule has 0 aliphatic rings. The maximum atomic E-state index is 5.63. The number of benzene rings is 1. The van der Waals surface area contributed by atoms with Gasteiger partial charge in [-0.1, -0.05) is 6.07 Å². The fourth-order valence-electron chi connectivity index (χ4n) is 2.71. The lowest BCUT2D eigenvalue weighted by Gasteiger charge is -2.13. The molecule has 0 atom stereocenters. The van der Waals surface area contributed by atoms with Crippen molar-refractivity contribution in [2.45, 2.75) is 39.8 Å². The van der Waals surface area contributed by atoms with Crippen LogP contribution in [0.3, 0.4) is 0 Å². The molecule has 0 unspecified atom stereocenters. The van der Waals surface area contributed by atoms with Crippen LogP contribution in [-0.4, -0.2) is 48.0 Å². The van der Waals surface area contributed by atoms with Gasteiger partial charge in [-0.05, 0) is 44.4 Å². The Bertz CT molecular complexity index is 729. The molecular weight excluding hydrogens is 344 g/mol. The van der Waals surface area contributed by atoms with Gasteiger partial charge in [-0.25, -0.2) is 0 Å². The van der Waals surface area contributed by atoms with Crippen LogP contribution in [0.1, 0.15) is 31.7 Å². The number of guanidine groups is 1. The number of aliphatic imine (C=N–C) groups is 1. The molecule has 0 saturated heterocycles. The molecule has 0 aliphatic carbocycles. The highest BCUT2D eigenvalue weighted by atomic mass is 16.5. The first-order valence-electron chi connectivity index (χ1n) is 9.32. The fourth-order valence-corrected chi connectivity index (χ4v) is 2.71. The number of aryl methyl sites for hydroxylation is 2. The van der Waals surface area contributed by atoms with E-state index in [0.717, 1.165) is 49.2 Å². The van der Waals surface area contributed by atoms with Crippen LogP contribution in [0.5, 0.6) is 11.5 Å². The highest BCUT2D eigenvalue weighted by Crippen LogP contribution is 2.28. The summed E-state index contributed by atoms with van der Waals surface area (Å²) >= 11 is 0. The average molecular weight is 374 g/mol. The second-order valence-corrected chi connectivity index (χ2v) is 5.91. The quantitative estimate of drug-likeness (QED) is 0.376. The summed E-state index contributed by atoms with van der Waals surface area (Å²) in [5.41, 5.74) is 1.22. The summed E-state index contributed by atoms with van der Waals surface area (Å²) in [6.07, 6.45) is 3.65. The number of methoxy groups -OCH3 is 1. The van der Waals surface area contributed by atoms with E-state index in [-0.39, 0.29) is 0 Å². The van der Waals surface area contributed by atoms with Crippen molar-refractivity contribution in [1.82, 2.24) is 25.4 Å². The summed E-state index contributed by atoms with van der Waals surface area (Å²) in [5, 5.41) is 14.6. The molecule has 0 saturated carbocycles. The van der Waals surface area contributed by atoms with Crippen LogP contribution < -0.4 is 20.1 Å². The van der Waals surface area contributed by atoms with E-state index in [9.17, 15) is 0 Å². The van der Waals surface area contributed by atoms with Gasteiger partial charge in [0.05, 0.1) is 20.3 Å². The normalized spacial score (nSPS) is 11.3. The number of rotatable bonds is 10. The molecule has 1 heterocycles. The van der Waals surface area contributed by atoms with E-state index in [0.29, 0.717) is 13.2 Å². The van der Waals surface area contributed by atoms with E-state index in [4.69, 9.17) is 9.47 Å². The highest BCUT2D eigenvalue weighted by Gasteiger charge is 2.06. The summed E-state index contributed by atoms with van der Waals surface area (Å²) in [6.45, 7) is 6.91. The van der Waals surface area contributed by atoms with Crippen LogP contribution in [0.15, 0.2) is 29.5 Å². The van der Waals surface area contributed by atoms with Crippen molar-refractivity contribution in [2.24, 2.45) is 4.99 Å². The molecule has 1 aromatic heterocycles. The summed E-state index contributed by atoms with van der Waals surface area (Å²) in [6, 6.07) is 6.08. The van der Waals surface area contributed by atoms with Crippen molar-refractivity contribution >= 4 is 5.96 Å². The van der Waals surface area contributed by atoms with Gasteiger partial charge in [0, 0.05) is 20.1 Å². The van der Waals surface area contributed by atoms with Gasteiger partial charge in [-0.15, -0.1) is 10.2 Å². The lowest BCUT2D eigenvalue weighted by atomic mass is 10.1. The third-order valence-corrected chi connectivity index (χ3v) is 4.14. The van der Waals surface area contributed by atoms with Crippen LogP contribution in [0.2, 0.25) is 0 Å².